The molecule has 1 unspecified atom stereocenters. The van der Waals surface area contributed by atoms with Crippen LogP contribution in [0.1, 0.15) is 29.3 Å². The Hall–Kier alpha value is -3.27. The Morgan fingerprint density at radius 2 is 1.76 bits per heavy atom. The van der Waals surface area contributed by atoms with Crippen molar-refractivity contribution >= 4 is 35.3 Å². The number of aromatic nitrogens is 3. The van der Waals surface area contributed by atoms with Gasteiger partial charge >= 0.3 is 6.09 Å². The van der Waals surface area contributed by atoms with Crippen LogP contribution in [0.15, 0.2) is 30.7 Å². The molecule has 1 saturated heterocycles. The van der Waals surface area contributed by atoms with Crippen molar-refractivity contribution in [3.05, 3.63) is 47.1 Å². The molecule has 150 valence electrons. The van der Waals surface area contributed by atoms with Gasteiger partial charge in [0.1, 0.15) is 11.5 Å². The predicted molar refractivity (Wildman–Crippen MR) is 101 cm³/mol. The number of piperazine rings is 1. The average Bonchev–Trinajstić information content (AvgIpc) is 3.01. The normalized spacial score (nSPS) is 18.6. The van der Waals surface area contributed by atoms with Gasteiger partial charge in [-0.3, -0.25) is 14.6 Å². The molecule has 2 aromatic rings. The van der Waals surface area contributed by atoms with E-state index in [-0.39, 0.29) is 23.1 Å². The number of nitrogens with zero attached hydrogens (tertiary/aromatic N) is 6. The number of carbonyl (C=O) groups is 3. The second-order valence-corrected chi connectivity index (χ2v) is 6.97. The van der Waals surface area contributed by atoms with Gasteiger partial charge in [0.25, 0.3) is 5.91 Å². The van der Waals surface area contributed by atoms with Crippen LogP contribution in [0.25, 0.3) is 0 Å². The zero-order valence-electron chi connectivity index (χ0n) is 15.5. The lowest BCUT2D eigenvalue weighted by atomic mass is 10.3. The monoisotopic (exact) mass is 416 g/mol. The van der Waals surface area contributed by atoms with Crippen LogP contribution in [-0.2, 0) is 9.53 Å². The van der Waals surface area contributed by atoms with Crippen molar-refractivity contribution in [2.75, 3.05) is 31.1 Å². The first-order chi connectivity index (χ1) is 14.0. The highest BCUT2D eigenvalue weighted by atomic mass is 35.5. The maximum absolute atomic E-state index is 12.9. The molecule has 1 fully saturated rings. The number of halogens is 1. The summed E-state index contributed by atoms with van der Waals surface area (Å²) in [4.78, 5) is 53.9. The third-order valence-electron chi connectivity index (χ3n) is 4.77. The van der Waals surface area contributed by atoms with E-state index < -0.39 is 18.2 Å². The average molecular weight is 417 g/mol. The minimum atomic E-state index is -1.10. The maximum atomic E-state index is 12.9. The Labute approximate surface area is 171 Å². The molecular formula is C18H17ClN6O4. The summed E-state index contributed by atoms with van der Waals surface area (Å²) in [6.07, 6.45) is 2.52. The number of hydrogen-bond donors (Lipinski definition) is 0. The SMILES string of the molecule is CC(=O)N1CCN(C(=O)OC2c3nccnc3C(=O)N2c2ccc(Cl)cn2)CC1. The Morgan fingerprint density at radius 1 is 1.07 bits per heavy atom. The lowest BCUT2D eigenvalue weighted by Gasteiger charge is -2.34. The molecule has 0 saturated carbocycles. The van der Waals surface area contributed by atoms with Gasteiger partial charge in [-0.2, -0.15) is 0 Å². The number of pyridine rings is 1. The van der Waals surface area contributed by atoms with E-state index in [4.69, 9.17) is 16.3 Å². The third-order valence-corrected chi connectivity index (χ3v) is 4.99. The molecular weight excluding hydrogens is 400 g/mol. The van der Waals surface area contributed by atoms with E-state index in [9.17, 15) is 14.4 Å². The summed E-state index contributed by atoms with van der Waals surface area (Å²) in [5.41, 5.74) is 0.341. The van der Waals surface area contributed by atoms with Gasteiger partial charge in [0, 0.05) is 51.7 Å². The van der Waals surface area contributed by atoms with E-state index in [0.717, 1.165) is 0 Å². The molecule has 0 aromatic carbocycles. The summed E-state index contributed by atoms with van der Waals surface area (Å²) in [6.45, 7) is 3.02. The molecule has 29 heavy (non-hydrogen) atoms. The van der Waals surface area contributed by atoms with Gasteiger partial charge in [-0.25, -0.2) is 19.7 Å². The summed E-state index contributed by atoms with van der Waals surface area (Å²) in [5.74, 6) is -0.246. The summed E-state index contributed by atoms with van der Waals surface area (Å²) in [7, 11) is 0. The lowest BCUT2D eigenvalue weighted by molar-refractivity contribution is -0.130. The van der Waals surface area contributed by atoms with Crippen molar-refractivity contribution in [1.29, 1.82) is 0 Å². The number of carbonyl (C=O) groups excluding carboxylic acids is 3. The molecule has 4 rings (SSSR count). The summed E-state index contributed by atoms with van der Waals surface area (Å²) in [5, 5.41) is 0.408. The Morgan fingerprint density at radius 3 is 2.41 bits per heavy atom. The first-order valence-electron chi connectivity index (χ1n) is 8.93. The number of rotatable bonds is 2. The van der Waals surface area contributed by atoms with Gasteiger partial charge in [-0.1, -0.05) is 11.6 Å². The van der Waals surface area contributed by atoms with Crippen LogP contribution in [0.2, 0.25) is 5.02 Å². The Kier molecular flexibility index (Phi) is 5.01. The van der Waals surface area contributed by atoms with Crippen LogP contribution in [0.3, 0.4) is 0 Å². The quantitative estimate of drug-likeness (QED) is 0.729. The van der Waals surface area contributed by atoms with Crippen LogP contribution in [0.4, 0.5) is 10.6 Å². The predicted octanol–water partition coefficient (Wildman–Crippen LogP) is 1.48. The van der Waals surface area contributed by atoms with Crippen LogP contribution >= 0.6 is 11.6 Å². The fourth-order valence-electron chi connectivity index (χ4n) is 3.25. The summed E-state index contributed by atoms with van der Waals surface area (Å²) >= 11 is 5.89. The first-order valence-corrected chi connectivity index (χ1v) is 9.30. The number of ether oxygens (including phenoxy) is 1. The Bertz CT molecular complexity index is 961. The van der Waals surface area contributed by atoms with Gasteiger partial charge in [-0.15, -0.1) is 0 Å². The molecule has 2 aliphatic rings. The number of hydrogen-bond acceptors (Lipinski definition) is 7. The van der Waals surface area contributed by atoms with Crippen molar-refractivity contribution < 1.29 is 19.1 Å². The molecule has 0 spiro atoms. The number of anilines is 1. The van der Waals surface area contributed by atoms with Crippen molar-refractivity contribution in [1.82, 2.24) is 24.8 Å². The number of amides is 3. The third kappa shape index (κ3) is 3.58. The largest absolute Gasteiger partial charge is 0.419 e. The zero-order chi connectivity index (χ0) is 20.5. The highest BCUT2D eigenvalue weighted by molar-refractivity contribution is 6.30. The molecule has 3 amide bonds. The minimum absolute atomic E-state index is 0.0383. The first kappa shape index (κ1) is 19.1. The van der Waals surface area contributed by atoms with Crippen molar-refractivity contribution in [3.63, 3.8) is 0 Å². The maximum Gasteiger partial charge on any atom is 0.412 e. The summed E-state index contributed by atoms with van der Waals surface area (Å²) in [6, 6.07) is 3.14. The number of fused-ring (bicyclic) bond motifs is 1. The molecule has 0 radical (unpaired) electrons. The Balaban J connectivity index is 1.58. The summed E-state index contributed by atoms with van der Waals surface area (Å²) < 4.78 is 5.65. The molecule has 11 heteroatoms. The molecule has 0 bridgehead atoms. The second kappa shape index (κ2) is 7.63. The topological polar surface area (TPSA) is 109 Å². The van der Waals surface area contributed by atoms with E-state index in [1.165, 1.54) is 35.3 Å². The molecule has 2 aromatic heterocycles. The highest BCUT2D eigenvalue weighted by Gasteiger charge is 2.44. The standard InChI is InChI=1S/C18H17ClN6O4/c1-11(26)23-6-8-24(9-7-23)18(28)29-17-15-14(20-4-5-21-15)16(27)25(17)13-3-2-12(19)10-22-13/h2-5,10,17H,6-9H2,1H3. The van der Waals surface area contributed by atoms with E-state index >= 15 is 0 Å². The van der Waals surface area contributed by atoms with Crippen LogP contribution in [0, 0.1) is 0 Å². The fraction of sp³-hybridized carbons (Fsp3) is 0.333. The van der Waals surface area contributed by atoms with Gasteiger partial charge in [0.05, 0.1) is 5.02 Å². The van der Waals surface area contributed by atoms with Gasteiger partial charge < -0.3 is 14.5 Å². The van der Waals surface area contributed by atoms with Crippen LogP contribution in [0.5, 0.6) is 0 Å². The van der Waals surface area contributed by atoms with Crippen LogP contribution < -0.4 is 4.90 Å². The fourth-order valence-corrected chi connectivity index (χ4v) is 3.37. The van der Waals surface area contributed by atoms with Gasteiger partial charge in [0.2, 0.25) is 12.1 Å². The highest BCUT2D eigenvalue weighted by Crippen LogP contribution is 2.35. The molecule has 0 aliphatic carbocycles. The second-order valence-electron chi connectivity index (χ2n) is 6.53. The van der Waals surface area contributed by atoms with Gasteiger partial charge in [-0.05, 0) is 12.1 Å². The minimum Gasteiger partial charge on any atom is -0.419 e. The molecule has 1 atom stereocenters. The lowest BCUT2D eigenvalue weighted by Crippen LogP contribution is -2.50. The smallest absolute Gasteiger partial charge is 0.412 e. The van der Waals surface area contributed by atoms with E-state index in [1.807, 2.05) is 0 Å². The van der Waals surface area contributed by atoms with Gasteiger partial charge in [0.15, 0.2) is 5.69 Å². The van der Waals surface area contributed by atoms with Crippen molar-refractivity contribution in [3.8, 4) is 0 Å². The van der Waals surface area contributed by atoms with E-state index in [1.54, 1.807) is 17.0 Å². The van der Waals surface area contributed by atoms with E-state index in [0.29, 0.717) is 31.2 Å². The zero-order valence-corrected chi connectivity index (χ0v) is 16.2. The molecule has 2 aliphatic heterocycles. The molecule has 10 nitrogen and oxygen atoms in total. The van der Waals surface area contributed by atoms with Crippen molar-refractivity contribution in [2.45, 2.75) is 13.2 Å². The molecule has 0 N–H and O–H groups in total. The van der Waals surface area contributed by atoms with Crippen molar-refractivity contribution in [2.24, 2.45) is 0 Å². The van der Waals surface area contributed by atoms with E-state index in [2.05, 4.69) is 15.0 Å². The molecule has 4 heterocycles. The van der Waals surface area contributed by atoms with Crippen LogP contribution in [-0.4, -0.2) is 68.8 Å².